The summed E-state index contributed by atoms with van der Waals surface area (Å²) < 4.78 is 12.9. The lowest BCUT2D eigenvalue weighted by Crippen LogP contribution is -2.38. The van der Waals surface area contributed by atoms with Gasteiger partial charge in [0, 0.05) is 25.2 Å². The van der Waals surface area contributed by atoms with E-state index in [4.69, 9.17) is 0 Å². The number of aromatic nitrogens is 1. The fourth-order valence-electron chi connectivity index (χ4n) is 2.69. The number of hydrogen-bond acceptors (Lipinski definition) is 2. The number of rotatable bonds is 5. The molecule has 3 rings (SSSR count). The summed E-state index contributed by atoms with van der Waals surface area (Å²) in [5.74, 6) is 0.508. The number of nitrogens with one attached hydrogen (secondary N) is 2. The zero-order valence-corrected chi connectivity index (χ0v) is 16.9. The van der Waals surface area contributed by atoms with Gasteiger partial charge in [-0.1, -0.05) is 36.4 Å². The summed E-state index contributed by atoms with van der Waals surface area (Å²) in [5.41, 5.74) is 2.07. The van der Waals surface area contributed by atoms with Crippen molar-refractivity contribution >= 4 is 40.7 Å². The van der Waals surface area contributed by atoms with Gasteiger partial charge in [0.25, 0.3) is 0 Å². The van der Waals surface area contributed by atoms with Crippen LogP contribution < -0.4 is 10.6 Å². The smallest absolute Gasteiger partial charge is 0.191 e. The number of hydrogen-bond donors (Lipinski definition) is 2. The number of nitrogens with zero attached hydrogens (tertiary/aromatic N) is 2. The monoisotopic (exact) mass is 464 g/mol. The third-order valence-corrected chi connectivity index (χ3v) is 4.02. The van der Waals surface area contributed by atoms with Crippen LogP contribution in [-0.2, 0) is 13.0 Å². The number of guanidine groups is 1. The molecule has 6 heteroatoms. The number of fused-ring (bicyclic) bond motifs is 1. The Labute approximate surface area is 170 Å². The first-order valence-electron chi connectivity index (χ1n) is 8.28. The third kappa shape index (κ3) is 5.39. The second-order valence-corrected chi connectivity index (χ2v) is 5.71. The van der Waals surface area contributed by atoms with Crippen LogP contribution in [0.3, 0.4) is 0 Å². The van der Waals surface area contributed by atoms with Crippen molar-refractivity contribution in [1.29, 1.82) is 0 Å². The molecule has 3 aromatic rings. The summed E-state index contributed by atoms with van der Waals surface area (Å²) in [6, 6.07) is 16.8. The van der Waals surface area contributed by atoms with E-state index in [1.165, 1.54) is 17.5 Å². The summed E-state index contributed by atoms with van der Waals surface area (Å²) in [7, 11) is 1.74. The molecule has 0 unspecified atom stereocenters. The molecule has 2 N–H and O–H groups in total. The van der Waals surface area contributed by atoms with E-state index in [9.17, 15) is 4.39 Å². The standard InChI is InChI=1S/C20H21FN4.HI/c1-22-20(24-12-10-15-6-8-17(21)9-7-15)25-14-19-18-5-3-2-4-16(18)11-13-23-19;/h2-9,11,13H,10,12,14H2,1H3,(H2,22,24,25);1H. The quantitative estimate of drug-likeness (QED) is 0.342. The molecule has 0 saturated heterocycles. The Morgan fingerprint density at radius 3 is 2.58 bits per heavy atom. The summed E-state index contributed by atoms with van der Waals surface area (Å²) in [4.78, 5) is 8.70. The van der Waals surface area contributed by atoms with Gasteiger partial charge >= 0.3 is 0 Å². The van der Waals surface area contributed by atoms with Gasteiger partial charge in [-0.15, -0.1) is 24.0 Å². The maximum absolute atomic E-state index is 12.9. The molecule has 26 heavy (non-hydrogen) atoms. The van der Waals surface area contributed by atoms with Crippen molar-refractivity contribution in [2.45, 2.75) is 13.0 Å². The fourth-order valence-corrected chi connectivity index (χ4v) is 2.69. The van der Waals surface area contributed by atoms with Crippen LogP contribution in [0.5, 0.6) is 0 Å². The molecule has 4 nitrogen and oxygen atoms in total. The van der Waals surface area contributed by atoms with Gasteiger partial charge in [0.2, 0.25) is 0 Å². The Morgan fingerprint density at radius 2 is 1.81 bits per heavy atom. The van der Waals surface area contributed by atoms with E-state index in [2.05, 4.69) is 32.7 Å². The van der Waals surface area contributed by atoms with E-state index in [1.807, 2.05) is 24.4 Å². The van der Waals surface area contributed by atoms with Crippen LogP contribution in [0.1, 0.15) is 11.3 Å². The van der Waals surface area contributed by atoms with Crippen LogP contribution in [0.15, 0.2) is 65.8 Å². The Bertz CT molecular complexity index is 860. The van der Waals surface area contributed by atoms with Gasteiger partial charge in [-0.3, -0.25) is 9.98 Å². The molecule has 0 fully saturated rings. The van der Waals surface area contributed by atoms with E-state index in [1.54, 1.807) is 19.2 Å². The summed E-state index contributed by atoms with van der Waals surface area (Å²) >= 11 is 0. The van der Waals surface area contributed by atoms with Crippen molar-refractivity contribution in [2.24, 2.45) is 4.99 Å². The number of benzene rings is 2. The first-order valence-corrected chi connectivity index (χ1v) is 8.28. The largest absolute Gasteiger partial charge is 0.356 e. The Morgan fingerprint density at radius 1 is 1.04 bits per heavy atom. The van der Waals surface area contributed by atoms with E-state index in [-0.39, 0.29) is 29.8 Å². The summed E-state index contributed by atoms with van der Waals surface area (Å²) in [5, 5.41) is 8.87. The predicted octanol–water partition coefficient (Wildman–Crippen LogP) is 3.90. The van der Waals surface area contributed by atoms with Crippen molar-refractivity contribution in [1.82, 2.24) is 15.6 Å². The highest BCUT2D eigenvalue weighted by Crippen LogP contribution is 2.15. The number of aliphatic imine (C=N–C) groups is 1. The molecule has 0 amide bonds. The molecule has 0 aliphatic carbocycles. The van der Waals surface area contributed by atoms with E-state index >= 15 is 0 Å². The van der Waals surface area contributed by atoms with E-state index in [0.717, 1.165) is 29.0 Å². The minimum atomic E-state index is -0.211. The van der Waals surface area contributed by atoms with Gasteiger partial charge in [0.1, 0.15) is 5.82 Å². The van der Waals surface area contributed by atoms with Gasteiger partial charge in [-0.25, -0.2) is 4.39 Å². The molecule has 1 heterocycles. The van der Waals surface area contributed by atoms with Crippen LogP contribution in [-0.4, -0.2) is 24.5 Å². The van der Waals surface area contributed by atoms with Crippen molar-refractivity contribution in [3.05, 3.63) is 77.9 Å². The molecular weight excluding hydrogens is 442 g/mol. The highest BCUT2D eigenvalue weighted by atomic mass is 127. The minimum absolute atomic E-state index is 0. The van der Waals surface area contributed by atoms with E-state index < -0.39 is 0 Å². The van der Waals surface area contributed by atoms with Gasteiger partial charge in [-0.05, 0) is 35.6 Å². The number of halogens is 2. The zero-order chi connectivity index (χ0) is 17.5. The second-order valence-electron chi connectivity index (χ2n) is 5.71. The summed E-state index contributed by atoms with van der Waals surface area (Å²) in [6.45, 7) is 1.31. The normalized spacial score (nSPS) is 11.1. The molecule has 0 bridgehead atoms. The third-order valence-electron chi connectivity index (χ3n) is 4.02. The average Bonchev–Trinajstić information content (AvgIpc) is 2.66. The maximum atomic E-state index is 12.9. The fraction of sp³-hybridized carbons (Fsp3) is 0.200. The lowest BCUT2D eigenvalue weighted by Gasteiger charge is -2.12. The first kappa shape index (κ1) is 20.1. The molecule has 0 spiro atoms. The second kappa shape index (κ2) is 10.1. The minimum Gasteiger partial charge on any atom is -0.356 e. The number of pyridine rings is 1. The van der Waals surface area contributed by atoms with Gasteiger partial charge in [0.05, 0.1) is 12.2 Å². The van der Waals surface area contributed by atoms with Crippen molar-refractivity contribution in [3.63, 3.8) is 0 Å². The summed E-state index contributed by atoms with van der Waals surface area (Å²) in [6.07, 6.45) is 2.62. The van der Waals surface area contributed by atoms with Gasteiger partial charge in [-0.2, -0.15) is 0 Å². The maximum Gasteiger partial charge on any atom is 0.191 e. The van der Waals surface area contributed by atoms with Crippen molar-refractivity contribution in [2.75, 3.05) is 13.6 Å². The molecule has 1 aromatic heterocycles. The van der Waals surface area contributed by atoms with Gasteiger partial charge in [0.15, 0.2) is 5.96 Å². The van der Waals surface area contributed by atoms with Crippen LogP contribution >= 0.6 is 24.0 Å². The van der Waals surface area contributed by atoms with Crippen LogP contribution in [0.2, 0.25) is 0 Å². The Balaban J connectivity index is 0.00000243. The topological polar surface area (TPSA) is 49.3 Å². The van der Waals surface area contributed by atoms with Crippen LogP contribution in [0, 0.1) is 5.82 Å². The molecule has 0 aliphatic heterocycles. The molecule has 0 atom stereocenters. The molecule has 0 aliphatic rings. The lowest BCUT2D eigenvalue weighted by atomic mass is 10.1. The van der Waals surface area contributed by atoms with Crippen molar-refractivity contribution in [3.8, 4) is 0 Å². The van der Waals surface area contributed by atoms with Crippen LogP contribution in [0.4, 0.5) is 4.39 Å². The predicted molar refractivity (Wildman–Crippen MR) is 115 cm³/mol. The Kier molecular flexibility index (Phi) is 7.77. The van der Waals surface area contributed by atoms with E-state index in [0.29, 0.717) is 13.1 Å². The zero-order valence-electron chi connectivity index (χ0n) is 14.6. The highest BCUT2D eigenvalue weighted by molar-refractivity contribution is 14.0. The molecule has 0 saturated carbocycles. The SMILES string of the molecule is CN=C(NCCc1ccc(F)cc1)NCc1nccc2ccccc12.I. The van der Waals surface area contributed by atoms with Gasteiger partial charge < -0.3 is 10.6 Å². The molecule has 2 aromatic carbocycles. The van der Waals surface area contributed by atoms with Crippen molar-refractivity contribution < 1.29 is 4.39 Å². The molecule has 0 radical (unpaired) electrons. The molecular formula is C20H22FIN4. The first-order chi connectivity index (χ1) is 12.3. The lowest BCUT2D eigenvalue weighted by molar-refractivity contribution is 0.626. The molecule has 136 valence electrons. The Hall–Kier alpha value is -2.22. The van der Waals surface area contributed by atoms with Crippen LogP contribution in [0.25, 0.3) is 10.8 Å². The highest BCUT2D eigenvalue weighted by Gasteiger charge is 2.03. The average molecular weight is 464 g/mol.